The highest BCUT2D eigenvalue weighted by Crippen LogP contribution is 2.22. The predicted octanol–water partition coefficient (Wildman–Crippen LogP) is 1.66. The van der Waals surface area contributed by atoms with Gasteiger partial charge in [0, 0.05) is 11.3 Å². The summed E-state index contributed by atoms with van der Waals surface area (Å²) in [7, 11) is 0. The highest BCUT2D eigenvalue weighted by Gasteiger charge is 2.22. The number of hydrogen-bond donors (Lipinski definition) is 2. The molecule has 2 N–H and O–H groups in total. The number of rotatable bonds is 3. The molecule has 0 fully saturated rings. The lowest BCUT2D eigenvalue weighted by Gasteiger charge is -1.98. The van der Waals surface area contributed by atoms with Gasteiger partial charge in [-0.25, -0.2) is 5.43 Å². The smallest absolute Gasteiger partial charge is 0.281 e. The summed E-state index contributed by atoms with van der Waals surface area (Å²) in [4.78, 5) is 11.9. The van der Waals surface area contributed by atoms with Gasteiger partial charge in [0.25, 0.3) is 5.91 Å². The van der Waals surface area contributed by atoms with Gasteiger partial charge in [0.2, 0.25) is 0 Å². The van der Waals surface area contributed by atoms with Crippen LogP contribution in [-0.4, -0.2) is 22.3 Å². The van der Waals surface area contributed by atoms with E-state index in [1.165, 1.54) is 0 Å². The summed E-state index contributed by atoms with van der Waals surface area (Å²) >= 11 is 0. The van der Waals surface area contributed by atoms with Crippen LogP contribution >= 0.6 is 0 Å². The van der Waals surface area contributed by atoms with E-state index in [1.54, 1.807) is 6.21 Å². The van der Waals surface area contributed by atoms with Gasteiger partial charge in [0.15, 0.2) is 5.69 Å². The Bertz CT molecular complexity index is 616. The Morgan fingerprint density at radius 3 is 3.00 bits per heavy atom. The molecule has 1 aromatic heterocycles. The van der Waals surface area contributed by atoms with E-state index in [0.29, 0.717) is 5.69 Å². The summed E-state index contributed by atoms with van der Waals surface area (Å²) in [5.74, 6) is -0.258. The van der Waals surface area contributed by atoms with Crippen molar-refractivity contribution in [1.82, 2.24) is 15.6 Å². The van der Waals surface area contributed by atoms with Gasteiger partial charge in [-0.3, -0.25) is 9.89 Å². The van der Waals surface area contributed by atoms with Crippen LogP contribution < -0.4 is 5.43 Å². The summed E-state index contributed by atoms with van der Waals surface area (Å²) in [6.07, 6.45) is 4.59. The zero-order valence-corrected chi connectivity index (χ0v) is 10.4. The van der Waals surface area contributed by atoms with E-state index in [1.807, 2.05) is 30.3 Å². The van der Waals surface area contributed by atoms with Gasteiger partial charge in [0.1, 0.15) is 0 Å². The van der Waals surface area contributed by atoms with Crippen LogP contribution in [0, 0.1) is 0 Å². The van der Waals surface area contributed by atoms with E-state index >= 15 is 0 Å². The number of fused-ring (bicyclic) bond motifs is 1. The van der Waals surface area contributed by atoms with Gasteiger partial charge in [-0.05, 0) is 24.8 Å². The van der Waals surface area contributed by atoms with Crippen molar-refractivity contribution in [3.63, 3.8) is 0 Å². The third-order valence-electron chi connectivity index (χ3n) is 3.20. The molecule has 0 spiro atoms. The molecule has 1 aliphatic carbocycles. The minimum atomic E-state index is -0.258. The lowest BCUT2D eigenvalue weighted by Crippen LogP contribution is -2.19. The quantitative estimate of drug-likeness (QED) is 0.646. The van der Waals surface area contributed by atoms with E-state index in [0.717, 1.165) is 36.1 Å². The molecule has 0 saturated carbocycles. The highest BCUT2D eigenvalue weighted by atomic mass is 16.2. The Kier molecular flexibility index (Phi) is 3.10. The van der Waals surface area contributed by atoms with E-state index in [4.69, 9.17) is 0 Å². The number of H-pyrrole nitrogens is 1. The van der Waals surface area contributed by atoms with Crippen molar-refractivity contribution in [3.8, 4) is 0 Å². The SMILES string of the molecule is O=C(N/N=C\c1ccccc1)c1n[nH]c2c1CCC2. The van der Waals surface area contributed by atoms with Crippen LogP contribution in [0.4, 0.5) is 0 Å². The van der Waals surface area contributed by atoms with Crippen LogP contribution in [0.1, 0.15) is 33.7 Å². The number of nitrogens with one attached hydrogen (secondary N) is 2. The largest absolute Gasteiger partial charge is 0.292 e. The van der Waals surface area contributed by atoms with Crippen LogP contribution in [0.5, 0.6) is 0 Å². The van der Waals surface area contributed by atoms with Gasteiger partial charge in [-0.2, -0.15) is 10.2 Å². The lowest BCUT2D eigenvalue weighted by atomic mass is 10.2. The monoisotopic (exact) mass is 254 g/mol. The predicted molar refractivity (Wildman–Crippen MR) is 72.1 cm³/mol. The van der Waals surface area contributed by atoms with Crippen molar-refractivity contribution >= 4 is 12.1 Å². The van der Waals surface area contributed by atoms with E-state index in [-0.39, 0.29) is 5.91 Å². The second-order valence-electron chi connectivity index (χ2n) is 4.49. The van der Waals surface area contributed by atoms with E-state index in [2.05, 4.69) is 20.7 Å². The molecule has 3 rings (SSSR count). The Morgan fingerprint density at radius 1 is 1.32 bits per heavy atom. The minimum absolute atomic E-state index is 0.258. The fraction of sp³-hybridized carbons (Fsp3) is 0.214. The maximum absolute atomic E-state index is 11.9. The number of hydrogen-bond acceptors (Lipinski definition) is 3. The fourth-order valence-corrected chi connectivity index (χ4v) is 2.26. The maximum atomic E-state index is 11.9. The molecule has 19 heavy (non-hydrogen) atoms. The summed E-state index contributed by atoms with van der Waals surface area (Å²) in [5.41, 5.74) is 6.04. The van der Waals surface area contributed by atoms with Gasteiger partial charge >= 0.3 is 0 Å². The molecule has 1 aromatic carbocycles. The van der Waals surface area contributed by atoms with E-state index < -0.39 is 0 Å². The summed E-state index contributed by atoms with van der Waals surface area (Å²) in [5, 5.41) is 10.9. The molecule has 0 unspecified atom stereocenters. The molecule has 0 atom stereocenters. The van der Waals surface area contributed by atoms with Crippen LogP contribution in [0.3, 0.4) is 0 Å². The Balaban J connectivity index is 1.67. The molecule has 5 heteroatoms. The first kappa shape index (κ1) is 11.6. The highest BCUT2D eigenvalue weighted by molar-refractivity contribution is 5.94. The minimum Gasteiger partial charge on any atom is -0.281 e. The molecule has 5 nitrogen and oxygen atoms in total. The van der Waals surface area contributed by atoms with Crippen molar-refractivity contribution in [3.05, 3.63) is 52.8 Å². The first-order valence-corrected chi connectivity index (χ1v) is 6.29. The zero-order chi connectivity index (χ0) is 13.1. The second-order valence-corrected chi connectivity index (χ2v) is 4.49. The van der Waals surface area contributed by atoms with Crippen molar-refractivity contribution < 1.29 is 4.79 Å². The van der Waals surface area contributed by atoms with Crippen molar-refractivity contribution in [2.45, 2.75) is 19.3 Å². The number of nitrogens with zero attached hydrogens (tertiary/aromatic N) is 2. The summed E-state index contributed by atoms with van der Waals surface area (Å²) in [6.45, 7) is 0. The maximum Gasteiger partial charge on any atom is 0.292 e. The van der Waals surface area contributed by atoms with Gasteiger partial charge in [0.05, 0.1) is 6.21 Å². The van der Waals surface area contributed by atoms with Crippen molar-refractivity contribution in [1.29, 1.82) is 0 Å². The zero-order valence-electron chi connectivity index (χ0n) is 10.4. The van der Waals surface area contributed by atoms with Gasteiger partial charge in [-0.1, -0.05) is 30.3 Å². The molecular formula is C14H14N4O. The molecule has 0 aliphatic heterocycles. The van der Waals surface area contributed by atoms with Crippen LogP contribution in [0.2, 0.25) is 0 Å². The molecule has 96 valence electrons. The van der Waals surface area contributed by atoms with Crippen LogP contribution in [0.25, 0.3) is 0 Å². The summed E-state index contributed by atoms with van der Waals surface area (Å²) in [6, 6.07) is 9.61. The number of hydrazone groups is 1. The molecule has 0 radical (unpaired) electrons. The molecular weight excluding hydrogens is 240 g/mol. The lowest BCUT2D eigenvalue weighted by molar-refractivity contribution is 0.0949. The first-order valence-electron chi connectivity index (χ1n) is 6.29. The number of aryl methyl sites for hydroxylation is 1. The van der Waals surface area contributed by atoms with Crippen LogP contribution in [-0.2, 0) is 12.8 Å². The Hall–Kier alpha value is -2.43. The third-order valence-corrected chi connectivity index (χ3v) is 3.20. The third kappa shape index (κ3) is 2.40. The average Bonchev–Trinajstić information content (AvgIpc) is 3.02. The number of carbonyl (C=O) groups is 1. The normalized spacial score (nSPS) is 13.7. The molecule has 1 amide bonds. The molecule has 1 heterocycles. The molecule has 2 aromatic rings. The fourth-order valence-electron chi connectivity index (χ4n) is 2.26. The van der Waals surface area contributed by atoms with Crippen molar-refractivity contribution in [2.75, 3.05) is 0 Å². The van der Waals surface area contributed by atoms with Gasteiger partial charge in [-0.15, -0.1) is 0 Å². The first-order chi connectivity index (χ1) is 9.34. The standard InChI is InChI=1S/C14H14N4O/c19-14(13-11-7-4-8-12(11)16-17-13)18-15-9-10-5-2-1-3-6-10/h1-3,5-6,9H,4,7-8H2,(H,16,17)(H,18,19)/b15-9-. The molecule has 1 aliphatic rings. The Labute approximate surface area is 110 Å². The van der Waals surface area contributed by atoms with Crippen molar-refractivity contribution in [2.24, 2.45) is 5.10 Å². The number of aromatic amines is 1. The molecule has 0 bridgehead atoms. The topological polar surface area (TPSA) is 70.1 Å². The Morgan fingerprint density at radius 2 is 2.16 bits per heavy atom. The molecule has 0 saturated heterocycles. The summed E-state index contributed by atoms with van der Waals surface area (Å²) < 4.78 is 0. The number of carbonyl (C=O) groups excluding carboxylic acids is 1. The van der Waals surface area contributed by atoms with Gasteiger partial charge < -0.3 is 0 Å². The number of benzene rings is 1. The number of aromatic nitrogens is 2. The number of amides is 1. The second kappa shape index (κ2) is 5.06. The average molecular weight is 254 g/mol. The van der Waals surface area contributed by atoms with Crippen LogP contribution in [0.15, 0.2) is 35.4 Å². The van der Waals surface area contributed by atoms with E-state index in [9.17, 15) is 4.79 Å².